The number of methoxy groups -OCH3 is 1. The molecule has 1 N–H and O–H groups in total. The molecule has 3 aromatic heterocycles. The number of nitrogens with zero attached hydrogens (tertiary/aromatic N) is 4. The van der Waals surface area contributed by atoms with Gasteiger partial charge in [-0.1, -0.05) is 0 Å². The van der Waals surface area contributed by atoms with Crippen LogP contribution in [-0.4, -0.2) is 32.6 Å². The van der Waals surface area contributed by atoms with Crippen LogP contribution in [0.4, 0.5) is 5.69 Å². The van der Waals surface area contributed by atoms with Crippen LogP contribution < -0.4 is 10.1 Å². The van der Waals surface area contributed by atoms with Crippen LogP contribution >= 0.6 is 0 Å². The molecule has 0 aliphatic heterocycles. The van der Waals surface area contributed by atoms with E-state index in [9.17, 15) is 4.79 Å². The Hall–Kier alpha value is -2.96. The first-order valence-corrected chi connectivity index (χ1v) is 8.10. The van der Waals surface area contributed by atoms with Gasteiger partial charge < -0.3 is 10.1 Å². The second kappa shape index (κ2) is 6.88. The van der Waals surface area contributed by atoms with Crippen LogP contribution in [0.5, 0.6) is 5.88 Å². The summed E-state index contributed by atoms with van der Waals surface area (Å²) in [6, 6.07) is 5.43. The fourth-order valence-electron chi connectivity index (χ4n) is 2.84. The molecule has 0 unspecified atom stereocenters. The van der Waals surface area contributed by atoms with Crippen molar-refractivity contribution in [2.24, 2.45) is 0 Å². The number of rotatable bonds is 5. The summed E-state index contributed by atoms with van der Waals surface area (Å²) in [5, 5.41) is 7.30. The van der Waals surface area contributed by atoms with Crippen molar-refractivity contribution in [3.05, 3.63) is 47.0 Å². The van der Waals surface area contributed by atoms with Crippen molar-refractivity contribution in [1.82, 2.24) is 19.6 Å². The molecule has 0 aromatic carbocycles. The Bertz CT molecular complexity index is 915. The molecular weight excluding hydrogens is 318 g/mol. The van der Waals surface area contributed by atoms with E-state index in [0.29, 0.717) is 24.4 Å². The first-order valence-electron chi connectivity index (χ1n) is 8.10. The summed E-state index contributed by atoms with van der Waals surface area (Å²) in [6.45, 7) is 5.92. The molecule has 3 aromatic rings. The molecule has 0 saturated heterocycles. The smallest absolute Gasteiger partial charge is 0.224 e. The van der Waals surface area contributed by atoms with E-state index >= 15 is 0 Å². The van der Waals surface area contributed by atoms with Gasteiger partial charge in [-0.05, 0) is 38.8 Å². The minimum absolute atomic E-state index is 0.0671. The molecule has 3 rings (SSSR count). The summed E-state index contributed by atoms with van der Waals surface area (Å²) < 4.78 is 6.84. The molecular formula is C18H21N5O2. The monoisotopic (exact) mass is 339 g/mol. The molecule has 0 spiro atoms. The average Bonchev–Trinajstić information content (AvgIpc) is 2.96. The van der Waals surface area contributed by atoms with Crippen molar-refractivity contribution < 1.29 is 9.53 Å². The molecule has 0 saturated carbocycles. The number of aryl methyl sites for hydroxylation is 3. The van der Waals surface area contributed by atoms with Crippen molar-refractivity contribution in [2.75, 3.05) is 12.4 Å². The van der Waals surface area contributed by atoms with Crippen molar-refractivity contribution >= 4 is 17.2 Å². The van der Waals surface area contributed by atoms with Crippen LogP contribution in [0.25, 0.3) is 5.65 Å². The number of anilines is 1. The van der Waals surface area contributed by atoms with Gasteiger partial charge in [-0.15, -0.1) is 0 Å². The fraction of sp³-hybridized carbons (Fsp3) is 0.333. The van der Waals surface area contributed by atoms with E-state index in [4.69, 9.17) is 4.74 Å². The third-order valence-electron chi connectivity index (χ3n) is 4.12. The van der Waals surface area contributed by atoms with Gasteiger partial charge in [-0.25, -0.2) is 14.5 Å². The quantitative estimate of drug-likeness (QED) is 0.773. The number of nitrogens with one attached hydrogen (secondary N) is 1. The van der Waals surface area contributed by atoms with Crippen LogP contribution in [0.1, 0.15) is 29.1 Å². The number of pyridine rings is 1. The Labute approximate surface area is 146 Å². The molecule has 0 fully saturated rings. The number of amides is 1. The van der Waals surface area contributed by atoms with Crippen LogP contribution in [0.15, 0.2) is 24.4 Å². The number of aromatic nitrogens is 4. The van der Waals surface area contributed by atoms with Gasteiger partial charge >= 0.3 is 0 Å². The molecule has 0 radical (unpaired) electrons. The van der Waals surface area contributed by atoms with Crippen molar-refractivity contribution in [2.45, 2.75) is 33.6 Å². The standard InChI is InChI=1S/C18H21N5O2/c1-11-9-16-20-12(2)15(13(3)23(16)22-11)6-7-17(24)21-14-5-8-18(25-4)19-10-14/h5,8-10H,6-7H2,1-4H3,(H,21,24). The van der Waals surface area contributed by atoms with Crippen LogP contribution in [0.2, 0.25) is 0 Å². The molecule has 25 heavy (non-hydrogen) atoms. The van der Waals surface area contributed by atoms with Gasteiger partial charge in [-0.3, -0.25) is 4.79 Å². The second-order valence-corrected chi connectivity index (χ2v) is 5.95. The summed E-state index contributed by atoms with van der Waals surface area (Å²) in [4.78, 5) is 20.9. The van der Waals surface area contributed by atoms with Crippen LogP contribution in [-0.2, 0) is 11.2 Å². The lowest BCUT2D eigenvalue weighted by Crippen LogP contribution is -2.14. The maximum Gasteiger partial charge on any atom is 0.224 e. The fourth-order valence-corrected chi connectivity index (χ4v) is 2.84. The topological polar surface area (TPSA) is 81.4 Å². The summed E-state index contributed by atoms with van der Waals surface area (Å²) in [5.74, 6) is 0.445. The van der Waals surface area contributed by atoms with E-state index in [0.717, 1.165) is 28.3 Å². The first kappa shape index (κ1) is 16.9. The Morgan fingerprint density at radius 1 is 1.28 bits per heavy atom. The Balaban J connectivity index is 1.70. The summed E-state index contributed by atoms with van der Waals surface area (Å²) in [6.07, 6.45) is 2.55. The maximum absolute atomic E-state index is 12.2. The van der Waals surface area contributed by atoms with Gasteiger partial charge in [0.1, 0.15) is 0 Å². The van der Waals surface area contributed by atoms with Gasteiger partial charge in [0.2, 0.25) is 11.8 Å². The Kier molecular flexibility index (Phi) is 4.65. The first-order chi connectivity index (χ1) is 12.0. The zero-order chi connectivity index (χ0) is 18.0. The number of ether oxygens (including phenoxy) is 1. The van der Waals surface area contributed by atoms with E-state index < -0.39 is 0 Å². The molecule has 3 heterocycles. The lowest BCUT2D eigenvalue weighted by Gasteiger charge is -2.11. The van der Waals surface area contributed by atoms with Gasteiger partial charge in [0.15, 0.2) is 5.65 Å². The SMILES string of the molecule is COc1ccc(NC(=O)CCc2c(C)nc3cc(C)nn3c2C)cn1. The number of fused-ring (bicyclic) bond motifs is 1. The number of hydrogen-bond donors (Lipinski definition) is 1. The Morgan fingerprint density at radius 3 is 2.76 bits per heavy atom. The molecule has 0 atom stereocenters. The normalized spacial score (nSPS) is 10.9. The van der Waals surface area contributed by atoms with Crippen LogP contribution in [0.3, 0.4) is 0 Å². The zero-order valence-electron chi connectivity index (χ0n) is 14.8. The van der Waals surface area contributed by atoms with Gasteiger partial charge in [0.05, 0.1) is 24.7 Å². The van der Waals surface area contributed by atoms with E-state index in [1.807, 2.05) is 31.4 Å². The molecule has 7 heteroatoms. The summed E-state index contributed by atoms with van der Waals surface area (Å²) in [7, 11) is 1.55. The molecule has 0 bridgehead atoms. The molecule has 0 aliphatic carbocycles. The van der Waals surface area contributed by atoms with Crippen molar-refractivity contribution in [3.8, 4) is 5.88 Å². The average molecular weight is 339 g/mol. The number of carbonyl (C=O) groups excluding carboxylic acids is 1. The molecule has 1 amide bonds. The zero-order valence-corrected chi connectivity index (χ0v) is 14.8. The van der Waals surface area contributed by atoms with E-state index in [1.54, 1.807) is 25.4 Å². The predicted octanol–water partition coefficient (Wildman–Crippen LogP) is 2.63. The number of hydrogen-bond acceptors (Lipinski definition) is 5. The van der Waals surface area contributed by atoms with Crippen molar-refractivity contribution in [1.29, 1.82) is 0 Å². The third-order valence-corrected chi connectivity index (χ3v) is 4.12. The highest BCUT2D eigenvalue weighted by Gasteiger charge is 2.13. The molecule has 0 aliphatic rings. The second-order valence-electron chi connectivity index (χ2n) is 5.95. The van der Waals surface area contributed by atoms with E-state index in [-0.39, 0.29) is 5.91 Å². The lowest BCUT2D eigenvalue weighted by atomic mass is 10.1. The highest BCUT2D eigenvalue weighted by Crippen LogP contribution is 2.18. The minimum atomic E-state index is -0.0671. The minimum Gasteiger partial charge on any atom is -0.481 e. The van der Waals surface area contributed by atoms with Gasteiger partial charge in [0.25, 0.3) is 0 Å². The number of carbonyl (C=O) groups is 1. The molecule has 130 valence electrons. The van der Waals surface area contributed by atoms with Gasteiger partial charge in [0, 0.05) is 29.9 Å². The summed E-state index contributed by atoms with van der Waals surface area (Å²) >= 11 is 0. The lowest BCUT2D eigenvalue weighted by molar-refractivity contribution is -0.116. The highest BCUT2D eigenvalue weighted by molar-refractivity contribution is 5.90. The van der Waals surface area contributed by atoms with E-state index in [1.165, 1.54) is 0 Å². The highest BCUT2D eigenvalue weighted by atomic mass is 16.5. The Morgan fingerprint density at radius 2 is 2.08 bits per heavy atom. The van der Waals surface area contributed by atoms with Crippen LogP contribution in [0, 0.1) is 20.8 Å². The van der Waals surface area contributed by atoms with Crippen molar-refractivity contribution in [3.63, 3.8) is 0 Å². The van der Waals surface area contributed by atoms with Gasteiger partial charge in [-0.2, -0.15) is 5.10 Å². The maximum atomic E-state index is 12.2. The summed E-state index contributed by atoms with van der Waals surface area (Å²) in [5.41, 5.74) is 5.43. The molecule has 7 nitrogen and oxygen atoms in total. The third kappa shape index (κ3) is 3.60. The largest absolute Gasteiger partial charge is 0.481 e. The van der Waals surface area contributed by atoms with E-state index in [2.05, 4.69) is 20.4 Å². The predicted molar refractivity (Wildman–Crippen MR) is 94.9 cm³/mol.